The van der Waals surface area contributed by atoms with Crippen LogP contribution >= 0.6 is 0 Å². The van der Waals surface area contributed by atoms with Crippen LogP contribution in [0.2, 0.25) is 0 Å². The molecule has 0 aliphatic carbocycles. The molecule has 0 aromatic carbocycles. The summed E-state index contributed by atoms with van der Waals surface area (Å²) in [4.78, 5) is 11.9. The van der Waals surface area contributed by atoms with Gasteiger partial charge >= 0.3 is 5.97 Å². The van der Waals surface area contributed by atoms with Crippen LogP contribution in [-0.2, 0) is 19.6 Å². The monoisotopic (exact) mass is 255 g/mol. The molecule has 0 atom stereocenters. The fourth-order valence-corrected chi connectivity index (χ4v) is 1.57. The number of hydrogen-bond acceptors (Lipinski definition) is 5. The highest BCUT2D eigenvalue weighted by Gasteiger charge is 2.11. The number of aliphatic carboxylic acids is 1. The van der Waals surface area contributed by atoms with Crippen LogP contribution in [0, 0.1) is 0 Å². The molecule has 0 rings (SSSR count). The molecule has 16 heavy (non-hydrogen) atoms. The van der Waals surface area contributed by atoms with Gasteiger partial charge in [-0.25, -0.2) is 0 Å². The van der Waals surface area contributed by atoms with Gasteiger partial charge in [0.25, 0.3) is 10.1 Å². The van der Waals surface area contributed by atoms with E-state index in [1.165, 1.54) is 4.90 Å². The SMILES string of the molecule is CCOCN(CCCS(=O)(=O)O)CC(=O)O. The molecule has 0 aliphatic rings. The van der Waals surface area contributed by atoms with Gasteiger partial charge in [-0.15, -0.1) is 0 Å². The molecule has 7 nitrogen and oxygen atoms in total. The van der Waals surface area contributed by atoms with Gasteiger partial charge in [0.1, 0.15) is 0 Å². The third-order valence-electron chi connectivity index (χ3n) is 1.71. The molecule has 0 aliphatic heterocycles. The van der Waals surface area contributed by atoms with E-state index in [2.05, 4.69) is 0 Å². The molecule has 0 aromatic rings. The van der Waals surface area contributed by atoms with E-state index in [0.29, 0.717) is 6.61 Å². The van der Waals surface area contributed by atoms with E-state index in [0.717, 1.165) is 0 Å². The predicted molar refractivity (Wildman–Crippen MR) is 56.7 cm³/mol. The quantitative estimate of drug-likeness (QED) is 0.428. The van der Waals surface area contributed by atoms with Crippen molar-refractivity contribution in [3.05, 3.63) is 0 Å². The molecule has 0 bridgehead atoms. The normalized spacial score (nSPS) is 11.9. The van der Waals surface area contributed by atoms with Crippen molar-refractivity contribution in [1.82, 2.24) is 4.90 Å². The lowest BCUT2D eigenvalue weighted by Crippen LogP contribution is -2.33. The molecular formula is C8H17NO6S. The van der Waals surface area contributed by atoms with Crippen molar-refractivity contribution < 1.29 is 27.6 Å². The molecule has 8 heteroatoms. The molecular weight excluding hydrogens is 238 g/mol. The van der Waals surface area contributed by atoms with E-state index in [4.69, 9.17) is 14.4 Å². The smallest absolute Gasteiger partial charge is 0.317 e. The van der Waals surface area contributed by atoms with Gasteiger partial charge in [-0.3, -0.25) is 14.2 Å². The highest BCUT2D eigenvalue weighted by Crippen LogP contribution is 1.95. The lowest BCUT2D eigenvalue weighted by Gasteiger charge is -2.19. The Bertz CT molecular complexity index is 302. The minimum atomic E-state index is -3.98. The predicted octanol–water partition coefficient (Wildman–Crippen LogP) is -0.355. The van der Waals surface area contributed by atoms with Crippen LogP contribution in [0.4, 0.5) is 0 Å². The summed E-state index contributed by atoms with van der Waals surface area (Å²) in [5.41, 5.74) is 0. The summed E-state index contributed by atoms with van der Waals surface area (Å²) in [6, 6.07) is 0. The van der Waals surface area contributed by atoms with Gasteiger partial charge in [-0.2, -0.15) is 8.42 Å². The average molecular weight is 255 g/mol. The van der Waals surface area contributed by atoms with E-state index < -0.39 is 16.1 Å². The summed E-state index contributed by atoms with van der Waals surface area (Å²) < 4.78 is 34.4. The van der Waals surface area contributed by atoms with Gasteiger partial charge in [-0.1, -0.05) is 0 Å². The summed E-state index contributed by atoms with van der Waals surface area (Å²) in [5, 5.41) is 8.58. The maximum Gasteiger partial charge on any atom is 0.317 e. The molecule has 2 N–H and O–H groups in total. The van der Waals surface area contributed by atoms with Gasteiger partial charge in [0, 0.05) is 13.2 Å². The summed E-state index contributed by atoms with van der Waals surface area (Å²) in [7, 11) is -3.98. The van der Waals surface area contributed by atoms with Crippen LogP contribution < -0.4 is 0 Å². The summed E-state index contributed by atoms with van der Waals surface area (Å²) in [6.07, 6.45) is 0.166. The largest absolute Gasteiger partial charge is 0.480 e. The van der Waals surface area contributed by atoms with E-state index in [1.54, 1.807) is 6.92 Å². The van der Waals surface area contributed by atoms with Gasteiger partial charge in [0.05, 0.1) is 19.0 Å². The number of carboxylic acids is 1. The molecule has 0 saturated carbocycles. The summed E-state index contributed by atoms with van der Waals surface area (Å²) in [5.74, 6) is -1.39. The Morgan fingerprint density at radius 2 is 2.06 bits per heavy atom. The summed E-state index contributed by atoms with van der Waals surface area (Å²) in [6.45, 7) is 2.39. The Balaban J connectivity index is 3.95. The average Bonchev–Trinajstić information content (AvgIpc) is 2.11. The highest BCUT2D eigenvalue weighted by atomic mass is 32.2. The number of rotatable bonds is 9. The maximum atomic E-state index is 10.5. The first kappa shape index (κ1) is 15.3. The Labute approximate surface area is 94.8 Å². The standard InChI is InChI=1S/C8H17NO6S/c1-2-15-7-9(6-8(10)11)4-3-5-16(12,13)14/h2-7H2,1H3,(H,10,11)(H,12,13,14). The molecule has 96 valence electrons. The van der Waals surface area contributed by atoms with Crippen LogP contribution in [0.25, 0.3) is 0 Å². The Morgan fingerprint density at radius 3 is 2.50 bits per heavy atom. The van der Waals surface area contributed by atoms with Crippen molar-refractivity contribution in [3.63, 3.8) is 0 Å². The van der Waals surface area contributed by atoms with E-state index in [1.807, 2.05) is 0 Å². The van der Waals surface area contributed by atoms with Crippen LogP contribution in [0.15, 0.2) is 0 Å². The van der Waals surface area contributed by atoms with Gasteiger partial charge in [0.2, 0.25) is 0 Å². The third kappa shape index (κ3) is 9.84. The number of carboxylic acid groups (broad SMARTS) is 1. The van der Waals surface area contributed by atoms with E-state index in [-0.39, 0.29) is 32.0 Å². The van der Waals surface area contributed by atoms with Crippen molar-refractivity contribution in [2.75, 3.05) is 32.2 Å². The van der Waals surface area contributed by atoms with Crippen molar-refractivity contribution in [2.24, 2.45) is 0 Å². The minimum absolute atomic E-state index is 0.133. The lowest BCUT2D eigenvalue weighted by atomic mass is 10.4. The van der Waals surface area contributed by atoms with E-state index in [9.17, 15) is 13.2 Å². The third-order valence-corrected chi connectivity index (χ3v) is 2.52. The molecule has 0 fully saturated rings. The Morgan fingerprint density at radius 1 is 1.44 bits per heavy atom. The zero-order valence-electron chi connectivity index (χ0n) is 9.13. The zero-order valence-corrected chi connectivity index (χ0v) is 9.94. The van der Waals surface area contributed by atoms with Crippen LogP contribution in [0.5, 0.6) is 0 Å². The molecule has 0 heterocycles. The fourth-order valence-electron chi connectivity index (χ4n) is 1.07. The second kappa shape index (κ2) is 7.55. The van der Waals surface area contributed by atoms with E-state index >= 15 is 0 Å². The van der Waals surface area contributed by atoms with Gasteiger partial charge < -0.3 is 9.84 Å². The maximum absolute atomic E-state index is 10.5. The summed E-state index contributed by atoms with van der Waals surface area (Å²) >= 11 is 0. The molecule has 0 spiro atoms. The molecule has 0 unspecified atom stereocenters. The molecule has 0 aromatic heterocycles. The highest BCUT2D eigenvalue weighted by molar-refractivity contribution is 7.85. The zero-order chi connectivity index (χ0) is 12.6. The number of hydrogen-bond donors (Lipinski definition) is 2. The first-order valence-corrected chi connectivity index (χ1v) is 6.43. The first-order chi connectivity index (χ1) is 7.35. The second-order valence-electron chi connectivity index (χ2n) is 3.21. The molecule has 0 radical (unpaired) electrons. The lowest BCUT2D eigenvalue weighted by molar-refractivity contribution is -0.139. The van der Waals surface area contributed by atoms with Crippen molar-refractivity contribution in [2.45, 2.75) is 13.3 Å². The second-order valence-corrected chi connectivity index (χ2v) is 4.78. The Kier molecular flexibility index (Phi) is 7.22. The van der Waals surface area contributed by atoms with Crippen molar-refractivity contribution >= 4 is 16.1 Å². The fraction of sp³-hybridized carbons (Fsp3) is 0.875. The first-order valence-electron chi connectivity index (χ1n) is 4.82. The Hall–Kier alpha value is -0.700. The van der Waals surface area contributed by atoms with Crippen LogP contribution in [-0.4, -0.2) is 61.1 Å². The van der Waals surface area contributed by atoms with Gasteiger partial charge in [-0.05, 0) is 13.3 Å². The van der Waals surface area contributed by atoms with Crippen LogP contribution in [0.1, 0.15) is 13.3 Å². The van der Waals surface area contributed by atoms with Crippen molar-refractivity contribution in [1.29, 1.82) is 0 Å². The number of nitrogens with zero attached hydrogens (tertiary/aromatic N) is 1. The number of ether oxygens (including phenoxy) is 1. The minimum Gasteiger partial charge on any atom is -0.480 e. The van der Waals surface area contributed by atoms with Crippen LogP contribution in [0.3, 0.4) is 0 Å². The van der Waals surface area contributed by atoms with Crippen molar-refractivity contribution in [3.8, 4) is 0 Å². The topological polar surface area (TPSA) is 104 Å². The number of carbonyl (C=O) groups is 1. The molecule has 0 saturated heterocycles. The van der Waals surface area contributed by atoms with Gasteiger partial charge in [0.15, 0.2) is 0 Å². The molecule has 0 amide bonds.